The van der Waals surface area contributed by atoms with Crippen molar-refractivity contribution in [1.29, 1.82) is 0 Å². The average molecular weight is 488 g/mol. The van der Waals surface area contributed by atoms with E-state index in [0.29, 0.717) is 6.61 Å². The first-order valence-electron chi connectivity index (χ1n) is 12.1. The minimum absolute atomic E-state index is 0.0938. The quantitative estimate of drug-likeness (QED) is 0.365. The van der Waals surface area contributed by atoms with E-state index in [1.807, 2.05) is 38.1 Å². The zero-order valence-electron chi connectivity index (χ0n) is 22.1. The van der Waals surface area contributed by atoms with Crippen molar-refractivity contribution in [3.05, 3.63) is 59.7 Å². The molecule has 0 saturated carbocycles. The summed E-state index contributed by atoms with van der Waals surface area (Å²) < 4.78 is 23.9. The third-order valence-electron chi connectivity index (χ3n) is 6.29. The van der Waals surface area contributed by atoms with Gasteiger partial charge in [-0.3, -0.25) is 0 Å². The number of hydrogen-bond donors (Lipinski definition) is 1. The van der Waals surface area contributed by atoms with E-state index in [4.69, 9.17) is 24.3 Å². The molecule has 0 aromatic heterocycles. The van der Waals surface area contributed by atoms with Gasteiger partial charge in [0, 0.05) is 10.8 Å². The van der Waals surface area contributed by atoms with Crippen LogP contribution < -0.4 is 15.0 Å². The molecule has 5 nitrogen and oxygen atoms in total. The van der Waals surface area contributed by atoms with Gasteiger partial charge < -0.3 is 24.3 Å². The van der Waals surface area contributed by atoms with Crippen LogP contribution in [0.25, 0.3) is 0 Å². The molecule has 1 saturated heterocycles. The van der Waals surface area contributed by atoms with E-state index in [0.717, 1.165) is 31.1 Å². The fourth-order valence-electron chi connectivity index (χ4n) is 3.77. The average Bonchev–Trinajstić information content (AvgIpc) is 2.71. The molecule has 1 heterocycles. The second-order valence-electron chi connectivity index (χ2n) is 11.5. The first-order valence-corrected chi connectivity index (χ1v) is 13.3. The van der Waals surface area contributed by atoms with E-state index in [1.165, 1.54) is 11.1 Å². The van der Waals surface area contributed by atoms with Crippen LogP contribution >= 0.6 is 8.38 Å². The van der Waals surface area contributed by atoms with Crippen molar-refractivity contribution >= 4 is 8.38 Å². The van der Waals surface area contributed by atoms with Crippen LogP contribution in [0, 0.1) is 5.41 Å². The second kappa shape index (κ2) is 10.1. The lowest BCUT2D eigenvalue weighted by molar-refractivity contribution is -0.133. The summed E-state index contributed by atoms with van der Waals surface area (Å²) in [5.74, 6) is 1.65. The molecule has 0 spiro atoms. The predicted molar refractivity (Wildman–Crippen MR) is 141 cm³/mol. The second-order valence-corrected chi connectivity index (χ2v) is 13.6. The lowest BCUT2D eigenvalue weighted by atomic mass is 9.78. The largest absolute Gasteiger partial charge is 0.488 e. The van der Waals surface area contributed by atoms with Crippen LogP contribution in [0.1, 0.15) is 72.9 Å². The molecular weight excluding hydrogens is 445 g/mol. The van der Waals surface area contributed by atoms with Gasteiger partial charge in [-0.25, -0.2) is 0 Å². The van der Waals surface area contributed by atoms with Gasteiger partial charge in [-0.1, -0.05) is 45.0 Å². The van der Waals surface area contributed by atoms with Crippen LogP contribution in [0.4, 0.5) is 0 Å². The molecule has 2 aromatic rings. The summed E-state index contributed by atoms with van der Waals surface area (Å²) in [6, 6.07) is 16.7. The molecule has 1 unspecified atom stereocenters. The molecule has 0 radical (unpaired) electrons. The van der Waals surface area contributed by atoms with Crippen LogP contribution in [0.15, 0.2) is 48.5 Å². The highest BCUT2D eigenvalue weighted by Gasteiger charge is 2.40. The van der Waals surface area contributed by atoms with Crippen molar-refractivity contribution in [3.63, 3.8) is 0 Å². The van der Waals surface area contributed by atoms with Gasteiger partial charge in [0.2, 0.25) is 0 Å². The van der Waals surface area contributed by atoms with E-state index >= 15 is 0 Å². The Morgan fingerprint density at radius 2 is 1.35 bits per heavy atom. The van der Waals surface area contributed by atoms with Crippen molar-refractivity contribution in [2.75, 3.05) is 19.8 Å². The highest BCUT2D eigenvalue weighted by Crippen LogP contribution is 2.50. The van der Waals surface area contributed by atoms with Crippen molar-refractivity contribution < 1.29 is 18.5 Å². The Kier molecular flexibility index (Phi) is 8.04. The van der Waals surface area contributed by atoms with Gasteiger partial charge in [-0.15, -0.1) is 0 Å². The molecule has 1 aliphatic rings. The van der Waals surface area contributed by atoms with Crippen molar-refractivity contribution in [2.24, 2.45) is 11.1 Å². The molecule has 3 rings (SSSR count). The molecule has 1 fully saturated rings. The Morgan fingerprint density at radius 1 is 0.853 bits per heavy atom. The first-order chi connectivity index (χ1) is 15.7. The number of hydrogen-bond acceptors (Lipinski definition) is 5. The summed E-state index contributed by atoms with van der Waals surface area (Å²) in [7, 11) is -1.31. The van der Waals surface area contributed by atoms with Crippen LogP contribution in [0.5, 0.6) is 11.5 Å². The van der Waals surface area contributed by atoms with Gasteiger partial charge in [-0.2, -0.15) is 0 Å². The number of benzene rings is 2. The van der Waals surface area contributed by atoms with Crippen LogP contribution in [0.3, 0.4) is 0 Å². The molecule has 0 amide bonds. The van der Waals surface area contributed by atoms with Gasteiger partial charge in [0.1, 0.15) is 17.1 Å². The number of nitrogens with two attached hydrogens (primary N) is 1. The summed E-state index contributed by atoms with van der Waals surface area (Å²) in [4.78, 5) is 0. The van der Waals surface area contributed by atoms with Gasteiger partial charge in [0.25, 0.3) is 8.38 Å². The Balaban J connectivity index is 1.69. The SMILES string of the molecule is CCC1(COP(Oc2ccc(C(C)(C)c3ccc(OC(C)(C)C)cc3)cc2)C(C)(C)N)COC1. The molecule has 1 aliphatic heterocycles. The van der Waals surface area contributed by atoms with E-state index in [1.54, 1.807) is 0 Å². The van der Waals surface area contributed by atoms with Crippen molar-refractivity contribution in [2.45, 2.75) is 78.1 Å². The van der Waals surface area contributed by atoms with E-state index in [-0.39, 0.29) is 16.4 Å². The zero-order chi connectivity index (χ0) is 25.2. The van der Waals surface area contributed by atoms with Gasteiger partial charge >= 0.3 is 0 Å². The summed E-state index contributed by atoms with van der Waals surface area (Å²) >= 11 is 0. The fraction of sp³-hybridized carbons (Fsp3) is 0.571. The third kappa shape index (κ3) is 6.73. The molecule has 1 atom stereocenters. The van der Waals surface area contributed by atoms with Crippen molar-refractivity contribution in [1.82, 2.24) is 0 Å². The Hall–Kier alpha value is -1.65. The van der Waals surface area contributed by atoms with Gasteiger partial charge in [-0.05, 0) is 76.4 Å². The van der Waals surface area contributed by atoms with Crippen LogP contribution in [-0.2, 0) is 14.7 Å². The Labute approximate surface area is 207 Å². The maximum absolute atomic E-state index is 6.42. The molecule has 2 N–H and O–H groups in total. The van der Waals surface area contributed by atoms with Crippen LogP contribution in [0.2, 0.25) is 0 Å². The van der Waals surface area contributed by atoms with E-state index < -0.39 is 13.7 Å². The van der Waals surface area contributed by atoms with E-state index in [2.05, 4.69) is 65.8 Å². The molecule has 34 heavy (non-hydrogen) atoms. The van der Waals surface area contributed by atoms with Crippen molar-refractivity contribution in [3.8, 4) is 11.5 Å². The number of ether oxygens (including phenoxy) is 2. The van der Waals surface area contributed by atoms with E-state index in [9.17, 15) is 0 Å². The molecular formula is C28H42NO4P. The standard InChI is InChI=1S/C28H42NO4P/c1-9-28(18-30-19-28)20-31-34(27(7,8)29)33-24-16-12-22(13-17-24)26(5,6)21-10-14-23(15-11-21)32-25(2,3)4/h10-17H,9,18-20,29H2,1-8H3. The smallest absolute Gasteiger partial charge is 0.250 e. The third-order valence-corrected chi connectivity index (χ3v) is 7.97. The molecule has 2 aromatic carbocycles. The number of rotatable bonds is 10. The topological polar surface area (TPSA) is 62.9 Å². The predicted octanol–water partition coefficient (Wildman–Crippen LogP) is 7.02. The molecule has 0 bridgehead atoms. The maximum Gasteiger partial charge on any atom is 0.250 e. The summed E-state index contributed by atoms with van der Waals surface area (Å²) in [5, 5.41) is -0.580. The first kappa shape index (κ1) is 26.9. The zero-order valence-corrected chi connectivity index (χ0v) is 23.0. The maximum atomic E-state index is 6.42. The molecule has 188 valence electrons. The van der Waals surface area contributed by atoms with Gasteiger partial charge in [0.15, 0.2) is 0 Å². The molecule has 0 aliphatic carbocycles. The Morgan fingerprint density at radius 3 is 1.74 bits per heavy atom. The highest BCUT2D eigenvalue weighted by molar-refractivity contribution is 7.49. The lowest BCUT2D eigenvalue weighted by Gasteiger charge is -2.42. The lowest BCUT2D eigenvalue weighted by Crippen LogP contribution is -2.46. The summed E-state index contributed by atoms with van der Waals surface area (Å²) in [6.07, 6.45) is 1.02. The fourth-order valence-corrected chi connectivity index (χ4v) is 5.10. The van der Waals surface area contributed by atoms with Gasteiger partial charge in [0.05, 0.1) is 25.1 Å². The van der Waals surface area contributed by atoms with Crippen LogP contribution in [-0.4, -0.2) is 30.7 Å². The minimum Gasteiger partial charge on any atom is -0.488 e. The Bertz CT molecular complexity index is 917. The minimum atomic E-state index is -1.31. The summed E-state index contributed by atoms with van der Waals surface area (Å²) in [6.45, 7) is 18.8. The monoisotopic (exact) mass is 487 g/mol. The summed E-state index contributed by atoms with van der Waals surface area (Å²) in [5.41, 5.74) is 8.57. The molecule has 6 heteroatoms. The normalized spacial score (nSPS) is 17.1. The highest BCUT2D eigenvalue weighted by atomic mass is 31.2.